The minimum absolute atomic E-state index is 0.187. The van der Waals surface area contributed by atoms with E-state index in [1.165, 1.54) is 0 Å². The van der Waals surface area contributed by atoms with E-state index < -0.39 is 11.8 Å². The number of amides is 3. The highest BCUT2D eigenvalue weighted by molar-refractivity contribution is 6.37. The highest BCUT2D eigenvalue weighted by Crippen LogP contribution is 2.41. The maximum absolute atomic E-state index is 14.3. The predicted molar refractivity (Wildman–Crippen MR) is 152 cm³/mol. The summed E-state index contributed by atoms with van der Waals surface area (Å²) in [6, 6.07) is 32.8. The molecule has 0 aliphatic carbocycles. The van der Waals surface area contributed by atoms with Gasteiger partial charge in [-0.1, -0.05) is 97.9 Å². The number of carbonyl (C=O) groups excluding carboxylic acids is 3. The SMILES string of the molecule is CCC(NC(=O)c1c(N2C(=O)c3ccccc3C2=O)c(-c2ccccc2)nc2ccccc12)c1ccccc1. The number of pyridine rings is 1. The number of aromatic nitrogens is 1. The summed E-state index contributed by atoms with van der Waals surface area (Å²) in [5, 5.41) is 3.73. The molecule has 1 aromatic heterocycles. The van der Waals surface area contributed by atoms with E-state index in [0.717, 1.165) is 10.5 Å². The van der Waals surface area contributed by atoms with E-state index in [1.54, 1.807) is 30.3 Å². The van der Waals surface area contributed by atoms with Gasteiger partial charge >= 0.3 is 0 Å². The Kier molecular flexibility index (Phi) is 6.21. The van der Waals surface area contributed by atoms with Crippen LogP contribution >= 0.6 is 0 Å². The van der Waals surface area contributed by atoms with Gasteiger partial charge in [0.2, 0.25) is 0 Å². The lowest BCUT2D eigenvalue weighted by Crippen LogP contribution is -2.35. The molecule has 4 aromatic carbocycles. The number of benzene rings is 4. The molecule has 1 atom stereocenters. The number of hydrogen-bond acceptors (Lipinski definition) is 4. The second-order valence-electron chi connectivity index (χ2n) is 9.40. The lowest BCUT2D eigenvalue weighted by Gasteiger charge is -2.25. The molecule has 0 fully saturated rings. The molecular weight excluding hydrogens is 486 g/mol. The van der Waals surface area contributed by atoms with Gasteiger partial charge in [0, 0.05) is 10.9 Å². The van der Waals surface area contributed by atoms with Crippen molar-refractivity contribution in [3.05, 3.63) is 131 Å². The van der Waals surface area contributed by atoms with Crippen LogP contribution in [0.2, 0.25) is 0 Å². The standard InChI is InChI=1S/C33H25N3O3/c1-2-26(21-13-5-3-6-14-21)35-31(37)28-25-19-11-12-20-27(25)34-29(22-15-7-4-8-16-22)30(28)36-32(38)23-17-9-10-18-24(23)33(36)39/h3-20,26H,2H2,1H3,(H,35,37). The van der Waals surface area contributed by atoms with Crippen molar-refractivity contribution in [2.75, 3.05) is 4.90 Å². The third-order valence-corrected chi connectivity index (χ3v) is 7.07. The van der Waals surface area contributed by atoms with Crippen molar-refractivity contribution >= 4 is 34.3 Å². The quantitative estimate of drug-likeness (QED) is 0.261. The zero-order valence-corrected chi connectivity index (χ0v) is 21.3. The molecule has 3 amide bonds. The Balaban J connectivity index is 1.61. The molecule has 0 saturated carbocycles. The smallest absolute Gasteiger partial charge is 0.266 e. The molecule has 1 N–H and O–H groups in total. The van der Waals surface area contributed by atoms with E-state index in [9.17, 15) is 14.4 Å². The van der Waals surface area contributed by atoms with Crippen LogP contribution in [0.4, 0.5) is 5.69 Å². The van der Waals surface area contributed by atoms with Crippen LogP contribution in [0.15, 0.2) is 109 Å². The van der Waals surface area contributed by atoms with Crippen LogP contribution in [-0.4, -0.2) is 22.7 Å². The highest BCUT2D eigenvalue weighted by atomic mass is 16.2. The van der Waals surface area contributed by atoms with Gasteiger partial charge in [-0.3, -0.25) is 14.4 Å². The van der Waals surface area contributed by atoms with Crippen molar-refractivity contribution in [2.24, 2.45) is 0 Å². The summed E-state index contributed by atoms with van der Waals surface area (Å²) >= 11 is 0. The molecule has 1 aliphatic heterocycles. The van der Waals surface area contributed by atoms with Crippen LogP contribution in [0, 0.1) is 0 Å². The first-order chi connectivity index (χ1) is 19.1. The van der Waals surface area contributed by atoms with Gasteiger partial charge in [0.25, 0.3) is 17.7 Å². The highest BCUT2D eigenvalue weighted by Gasteiger charge is 2.41. The van der Waals surface area contributed by atoms with Crippen molar-refractivity contribution in [1.82, 2.24) is 10.3 Å². The summed E-state index contributed by atoms with van der Waals surface area (Å²) in [5.41, 5.74) is 3.68. The fourth-order valence-corrected chi connectivity index (χ4v) is 5.18. The van der Waals surface area contributed by atoms with Crippen LogP contribution in [0.5, 0.6) is 0 Å². The molecule has 6 heteroatoms. The number of rotatable bonds is 6. The van der Waals surface area contributed by atoms with E-state index in [-0.39, 0.29) is 23.2 Å². The van der Waals surface area contributed by atoms with Crippen molar-refractivity contribution < 1.29 is 14.4 Å². The van der Waals surface area contributed by atoms with Gasteiger partial charge in [-0.2, -0.15) is 0 Å². The summed E-state index contributed by atoms with van der Waals surface area (Å²) in [6.07, 6.45) is 0.659. The molecule has 0 spiro atoms. The Morgan fingerprint density at radius 1 is 0.769 bits per heavy atom. The maximum atomic E-state index is 14.3. The number of nitrogens with zero attached hydrogens (tertiary/aromatic N) is 2. The third-order valence-electron chi connectivity index (χ3n) is 7.07. The Morgan fingerprint density at radius 2 is 1.33 bits per heavy atom. The summed E-state index contributed by atoms with van der Waals surface area (Å²) in [5.74, 6) is -1.34. The monoisotopic (exact) mass is 511 g/mol. The Morgan fingerprint density at radius 3 is 1.97 bits per heavy atom. The van der Waals surface area contributed by atoms with Crippen LogP contribution in [0.3, 0.4) is 0 Å². The largest absolute Gasteiger partial charge is 0.345 e. The average Bonchev–Trinajstić information content (AvgIpc) is 3.24. The minimum Gasteiger partial charge on any atom is -0.345 e. The first kappa shape index (κ1) is 24.2. The fraction of sp³-hybridized carbons (Fsp3) is 0.0909. The van der Waals surface area contributed by atoms with Crippen LogP contribution in [-0.2, 0) is 0 Å². The molecule has 6 nitrogen and oxygen atoms in total. The number of fused-ring (bicyclic) bond motifs is 2. The zero-order valence-electron chi connectivity index (χ0n) is 21.3. The molecule has 5 aromatic rings. The lowest BCUT2D eigenvalue weighted by atomic mass is 9.98. The summed E-state index contributed by atoms with van der Waals surface area (Å²) < 4.78 is 0. The van der Waals surface area contributed by atoms with Crippen molar-refractivity contribution in [3.8, 4) is 11.3 Å². The Hall–Kier alpha value is -5.10. The zero-order chi connectivity index (χ0) is 26.9. The molecule has 0 radical (unpaired) electrons. The van der Waals surface area contributed by atoms with Gasteiger partial charge < -0.3 is 5.32 Å². The minimum atomic E-state index is -0.478. The van der Waals surface area contributed by atoms with Crippen LogP contribution in [0.25, 0.3) is 22.2 Å². The van der Waals surface area contributed by atoms with Gasteiger partial charge in [-0.05, 0) is 30.2 Å². The van der Waals surface area contributed by atoms with Crippen LogP contribution in [0.1, 0.15) is 56.0 Å². The molecule has 39 heavy (non-hydrogen) atoms. The summed E-state index contributed by atoms with van der Waals surface area (Å²) in [4.78, 5) is 47.8. The average molecular weight is 512 g/mol. The Bertz CT molecular complexity index is 1700. The van der Waals surface area contributed by atoms with E-state index in [2.05, 4.69) is 5.32 Å². The van der Waals surface area contributed by atoms with Crippen LogP contribution < -0.4 is 10.2 Å². The van der Waals surface area contributed by atoms with E-state index in [1.807, 2.05) is 85.8 Å². The van der Waals surface area contributed by atoms with Gasteiger partial charge in [0.15, 0.2) is 0 Å². The van der Waals surface area contributed by atoms with Crippen molar-refractivity contribution in [1.29, 1.82) is 0 Å². The molecular formula is C33H25N3O3. The first-order valence-corrected chi connectivity index (χ1v) is 12.9. The molecule has 2 heterocycles. The molecule has 6 rings (SSSR count). The molecule has 190 valence electrons. The van der Waals surface area contributed by atoms with E-state index >= 15 is 0 Å². The topological polar surface area (TPSA) is 79.4 Å². The van der Waals surface area contributed by atoms with Gasteiger partial charge in [-0.15, -0.1) is 0 Å². The number of nitrogens with one attached hydrogen (secondary N) is 1. The molecule has 1 unspecified atom stereocenters. The van der Waals surface area contributed by atoms with Gasteiger partial charge in [0.05, 0.1) is 39.6 Å². The molecule has 0 bridgehead atoms. The summed E-state index contributed by atoms with van der Waals surface area (Å²) in [7, 11) is 0. The molecule has 0 saturated heterocycles. The van der Waals surface area contributed by atoms with Crippen molar-refractivity contribution in [2.45, 2.75) is 19.4 Å². The van der Waals surface area contributed by atoms with Gasteiger partial charge in [-0.25, -0.2) is 9.88 Å². The number of anilines is 1. The van der Waals surface area contributed by atoms with E-state index in [0.29, 0.717) is 39.7 Å². The van der Waals surface area contributed by atoms with Crippen molar-refractivity contribution in [3.63, 3.8) is 0 Å². The second-order valence-corrected chi connectivity index (χ2v) is 9.40. The second kappa shape index (κ2) is 9.99. The first-order valence-electron chi connectivity index (χ1n) is 12.9. The van der Waals surface area contributed by atoms with E-state index in [4.69, 9.17) is 4.98 Å². The normalized spacial score (nSPS) is 13.4. The maximum Gasteiger partial charge on any atom is 0.266 e. The summed E-state index contributed by atoms with van der Waals surface area (Å²) in [6.45, 7) is 2.00. The van der Waals surface area contributed by atoms with Gasteiger partial charge in [0.1, 0.15) is 0 Å². The predicted octanol–water partition coefficient (Wildman–Crippen LogP) is 6.58. The number of para-hydroxylation sites is 1. The number of hydrogen-bond donors (Lipinski definition) is 1. The Labute approximate surface area is 225 Å². The fourth-order valence-electron chi connectivity index (χ4n) is 5.18. The third kappa shape index (κ3) is 4.16. The number of carbonyl (C=O) groups is 3. The lowest BCUT2D eigenvalue weighted by molar-refractivity contribution is 0.0926. The molecule has 1 aliphatic rings. The number of imide groups is 1.